The molecule has 0 aliphatic heterocycles. The third-order valence-corrected chi connectivity index (χ3v) is 3.00. The van der Waals surface area contributed by atoms with E-state index in [0.29, 0.717) is 0 Å². The van der Waals surface area contributed by atoms with E-state index in [4.69, 9.17) is 0 Å². The average molecular weight is 221 g/mol. The molecule has 0 radical (unpaired) electrons. The minimum Gasteiger partial charge on any atom is -0.480 e. The predicted octanol–water partition coefficient (Wildman–Crippen LogP) is 2.16. The van der Waals surface area contributed by atoms with Crippen molar-refractivity contribution in [2.45, 2.75) is 32.2 Å². The maximum Gasteiger partial charge on any atom is 0.328 e. The molecule has 0 bridgehead atoms. The van der Waals surface area contributed by atoms with Crippen LogP contribution in [0.15, 0.2) is 24.3 Å². The Bertz CT molecular complexity index is 359. The molecule has 1 aromatic carbocycles. The first-order valence-electron chi connectivity index (χ1n) is 5.56. The number of hydrogen-bond acceptors (Lipinski definition) is 2. The van der Waals surface area contributed by atoms with Crippen LogP contribution in [0, 0.1) is 0 Å². The van der Waals surface area contributed by atoms with Gasteiger partial charge in [0.15, 0.2) is 0 Å². The normalized spacial score (nSPS) is 14.4. The topological polar surface area (TPSA) is 49.3 Å². The lowest BCUT2D eigenvalue weighted by Gasteiger charge is -2.24. The molecule has 16 heavy (non-hydrogen) atoms. The minimum absolute atomic E-state index is 0.780. The van der Waals surface area contributed by atoms with Crippen LogP contribution in [0.3, 0.4) is 0 Å². The quantitative estimate of drug-likeness (QED) is 0.801. The van der Waals surface area contributed by atoms with Gasteiger partial charge in [-0.25, -0.2) is 4.79 Å². The molecule has 0 amide bonds. The summed E-state index contributed by atoms with van der Waals surface area (Å²) in [6, 6.07) is 7.76. The van der Waals surface area contributed by atoms with Crippen LogP contribution in [-0.4, -0.2) is 18.1 Å². The van der Waals surface area contributed by atoms with Gasteiger partial charge in [-0.3, -0.25) is 0 Å². The Morgan fingerprint density at radius 2 is 1.94 bits per heavy atom. The first-order chi connectivity index (χ1) is 7.54. The summed E-state index contributed by atoms with van der Waals surface area (Å²) in [5.74, 6) is -0.863. The highest BCUT2D eigenvalue weighted by molar-refractivity contribution is 5.80. The van der Waals surface area contributed by atoms with Gasteiger partial charge in [-0.15, -0.1) is 0 Å². The molecule has 0 spiro atoms. The van der Waals surface area contributed by atoms with Crippen LogP contribution in [0.25, 0.3) is 0 Å². The lowest BCUT2D eigenvalue weighted by molar-refractivity contribution is -0.144. The van der Waals surface area contributed by atoms with Gasteiger partial charge in [0, 0.05) is 0 Å². The Labute approximate surface area is 96.5 Å². The molecule has 3 nitrogen and oxygen atoms in total. The molecule has 2 N–H and O–H groups in total. The molecule has 0 saturated heterocycles. The Balaban J connectivity index is 2.99. The van der Waals surface area contributed by atoms with Crippen molar-refractivity contribution in [3.05, 3.63) is 35.4 Å². The molecule has 0 aliphatic carbocycles. The Kier molecular flexibility index (Phi) is 4.07. The highest BCUT2D eigenvalue weighted by atomic mass is 16.4. The van der Waals surface area contributed by atoms with Gasteiger partial charge in [-0.05, 0) is 31.5 Å². The Morgan fingerprint density at radius 1 is 1.38 bits per heavy atom. The average Bonchev–Trinajstić information content (AvgIpc) is 2.29. The number of aryl methyl sites for hydroxylation is 1. The number of hydrogen-bond donors (Lipinski definition) is 2. The van der Waals surface area contributed by atoms with Crippen molar-refractivity contribution in [3.63, 3.8) is 0 Å². The summed E-state index contributed by atoms with van der Waals surface area (Å²) in [6.45, 7) is 3.80. The zero-order chi connectivity index (χ0) is 12.2. The fourth-order valence-corrected chi connectivity index (χ4v) is 1.67. The number of benzene rings is 1. The van der Waals surface area contributed by atoms with Crippen molar-refractivity contribution >= 4 is 5.97 Å². The van der Waals surface area contributed by atoms with Gasteiger partial charge in [0.05, 0.1) is 0 Å². The van der Waals surface area contributed by atoms with Crippen molar-refractivity contribution in [2.75, 3.05) is 7.05 Å². The molecule has 0 saturated carbocycles. The van der Waals surface area contributed by atoms with Crippen LogP contribution in [-0.2, 0) is 16.8 Å². The standard InChI is InChI=1S/C13H19NO2/c1-4-5-10-6-8-11(9-7-10)13(2,14-3)12(15)16/h6-9,14H,4-5H2,1-3H3,(H,15,16). The van der Waals surface area contributed by atoms with Crippen LogP contribution in [0.4, 0.5) is 0 Å². The monoisotopic (exact) mass is 221 g/mol. The van der Waals surface area contributed by atoms with E-state index in [2.05, 4.69) is 12.2 Å². The summed E-state index contributed by atoms with van der Waals surface area (Å²) in [7, 11) is 1.66. The molecule has 3 heteroatoms. The molecule has 0 heterocycles. The van der Waals surface area contributed by atoms with Crippen molar-refractivity contribution in [1.29, 1.82) is 0 Å². The van der Waals surface area contributed by atoms with Crippen molar-refractivity contribution in [2.24, 2.45) is 0 Å². The molecule has 1 atom stereocenters. The van der Waals surface area contributed by atoms with E-state index < -0.39 is 11.5 Å². The summed E-state index contributed by atoms with van der Waals surface area (Å²) in [6.07, 6.45) is 2.13. The highest BCUT2D eigenvalue weighted by Crippen LogP contribution is 2.21. The van der Waals surface area contributed by atoms with E-state index in [1.54, 1.807) is 14.0 Å². The zero-order valence-corrected chi connectivity index (χ0v) is 10.1. The second-order valence-electron chi connectivity index (χ2n) is 4.13. The van der Waals surface area contributed by atoms with Crippen LogP contribution < -0.4 is 5.32 Å². The number of nitrogens with one attached hydrogen (secondary N) is 1. The SMILES string of the molecule is CCCc1ccc(C(C)(NC)C(=O)O)cc1. The number of likely N-dealkylation sites (N-methyl/N-ethyl adjacent to an activating group) is 1. The van der Waals surface area contributed by atoms with Crippen LogP contribution in [0.2, 0.25) is 0 Å². The number of carbonyl (C=O) groups is 1. The van der Waals surface area contributed by atoms with Gasteiger partial charge in [-0.2, -0.15) is 0 Å². The molecule has 0 aliphatic rings. The Hall–Kier alpha value is -1.35. The van der Waals surface area contributed by atoms with Gasteiger partial charge in [0.2, 0.25) is 0 Å². The molecule has 1 unspecified atom stereocenters. The van der Waals surface area contributed by atoms with Crippen molar-refractivity contribution in [3.8, 4) is 0 Å². The van der Waals surface area contributed by atoms with Gasteiger partial charge in [-0.1, -0.05) is 37.6 Å². The molecule has 1 rings (SSSR count). The van der Waals surface area contributed by atoms with Crippen LogP contribution in [0.1, 0.15) is 31.4 Å². The number of aliphatic carboxylic acids is 1. The molecule has 0 aromatic heterocycles. The fourth-order valence-electron chi connectivity index (χ4n) is 1.67. The summed E-state index contributed by atoms with van der Waals surface area (Å²) in [5, 5.41) is 12.0. The maximum absolute atomic E-state index is 11.2. The lowest BCUT2D eigenvalue weighted by Crippen LogP contribution is -2.44. The van der Waals surface area contributed by atoms with E-state index >= 15 is 0 Å². The molecule has 1 aromatic rings. The largest absolute Gasteiger partial charge is 0.480 e. The summed E-state index contributed by atoms with van der Waals surface area (Å²) in [4.78, 5) is 11.2. The van der Waals surface area contributed by atoms with E-state index in [9.17, 15) is 9.90 Å². The summed E-state index contributed by atoms with van der Waals surface area (Å²) < 4.78 is 0. The molecule has 0 fully saturated rings. The van der Waals surface area contributed by atoms with Crippen LogP contribution >= 0.6 is 0 Å². The Morgan fingerprint density at radius 3 is 2.31 bits per heavy atom. The zero-order valence-electron chi connectivity index (χ0n) is 10.1. The van der Waals surface area contributed by atoms with Gasteiger partial charge in [0.25, 0.3) is 0 Å². The predicted molar refractivity (Wildman–Crippen MR) is 64.5 cm³/mol. The third kappa shape index (κ3) is 2.42. The summed E-state index contributed by atoms with van der Waals surface area (Å²) in [5.41, 5.74) is 1.02. The smallest absolute Gasteiger partial charge is 0.328 e. The minimum atomic E-state index is -1.01. The second kappa shape index (κ2) is 5.12. The van der Waals surface area contributed by atoms with Crippen LogP contribution in [0.5, 0.6) is 0 Å². The second-order valence-corrected chi connectivity index (χ2v) is 4.13. The highest BCUT2D eigenvalue weighted by Gasteiger charge is 2.32. The van der Waals surface area contributed by atoms with Crippen molar-refractivity contribution in [1.82, 2.24) is 5.32 Å². The first kappa shape index (κ1) is 12.7. The molecule has 88 valence electrons. The first-order valence-corrected chi connectivity index (χ1v) is 5.56. The number of rotatable bonds is 5. The van der Waals surface area contributed by atoms with E-state index in [1.807, 2.05) is 24.3 Å². The molecular weight excluding hydrogens is 202 g/mol. The number of carboxylic acids is 1. The lowest BCUT2D eigenvalue weighted by atomic mass is 9.91. The van der Waals surface area contributed by atoms with E-state index in [-0.39, 0.29) is 0 Å². The maximum atomic E-state index is 11.2. The summed E-state index contributed by atoms with van der Waals surface area (Å²) >= 11 is 0. The fraction of sp³-hybridized carbons (Fsp3) is 0.462. The van der Waals surface area contributed by atoms with Gasteiger partial charge < -0.3 is 10.4 Å². The third-order valence-electron chi connectivity index (χ3n) is 3.00. The van der Waals surface area contributed by atoms with Gasteiger partial charge >= 0.3 is 5.97 Å². The van der Waals surface area contributed by atoms with Gasteiger partial charge in [0.1, 0.15) is 5.54 Å². The van der Waals surface area contributed by atoms with Crippen molar-refractivity contribution < 1.29 is 9.90 Å². The number of carboxylic acid groups (broad SMARTS) is 1. The molecular formula is C13H19NO2. The van der Waals surface area contributed by atoms with E-state index in [0.717, 1.165) is 18.4 Å². The van der Waals surface area contributed by atoms with E-state index in [1.165, 1.54) is 5.56 Å².